The molecule has 384 valence electrons. The second-order valence-electron chi connectivity index (χ2n) is 23.1. The molecule has 1 spiro atoms. The molecule has 0 saturated heterocycles. The van der Waals surface area contributed by atoms with Crippen molar-refractivity contribution in [3.63, 3.8) is 0 Å². The first-order chi connectivity index (χ1) is 40.4. The van der Waals surface area contributed by atoms with Gasteiger partial charge in [0.15, 0.2) is 0 Å². The first-order valence-electron chi connectivity index (χ1n) is 28.7. The van der Waals surface area contributed by atoms with Crippen molar-refractivity contribution in [2.75, 3.05) is 4.90 Å². The van der Waals surface area contributed by atoms with Crippen LogP contribution in [0.25, 0.3) is 105 Å². The highest BCUT2D eigenvalue weighted by molar-refractivity contribution is 6.16. The van der Waals surface area contributed by atoms with Gasteiger partial charge in [0.25, 0.3) is 0 Å². The number of para-hydroxylation sites is 2. The van der Waals surface area contributed by atoms with Crippen LogP contribution in [0.15, 0.2) is 291 Å². The van der Waals surface area contributed by atoms with Crippen molar-refractivity contribution < 1.29 is 0 Å². The van der Waals surface area contributed by atoms with Crippen LogP contribution < -0.4 is 4.90 Å². The summed E-state index contributed by atoms with van der Waals surface area (Å²) in [5, 5.41) is 4.95. The molecule has 2 nitrogen and oxygen atoms in total. The lowest BCUT2D eigenvalue weighted by Gasteiger charge is -2.32. The Kier molecular flexibility index (Phi) is 10.0. The fourth-order valence-electron chi connectivity index (χ4n) is 14.9. The lowest BCUT2D eigenvalue weighted by atomic mass is 9.70. The van der Waals surface area contributed by atoms with E-state index in [4.69, 9.17) is 0 Å². The van der Waals surface area contributed by atoms with Gasteiger partial charge in [-0.15, -0.1) is 0 Å². The minimum absolute atomic E-state index is 0.174. The Morgan fingerprint density at radius 2 is 0.756 bits per heavy atom. The summed E-state index contributed by atoms with van der Waals surface area (Å²) in [4.78, 5) is 2.51. The predicted octanol–water partition coefficient (Wildman–Crippen LogP) is 21.1. The lowest BCUT2D eigenvalue weighted by molar-refractivity contribution is 0.660. The molecule has 0 N–H and O–H groups in total. The molecular weight excluding hydrogens is 989 g/mol. The number of rotatable bonds is 7. The van der Waals surface area contributed by atoms with E-state index in [0.717, 1.165) is 33.9 Å². The van der Waals surface area contributed by atoms with Gasteiger partial charge in [0, 0.05) is 38.9 Å². The average Bonchev–Trinajstić information content (AvgIpc) is 2.29. The molecule has 0 bridgehead atoms. The molecule has 14 aromatic rings. The number of anilines is 3. The van der Waals surface area contributed by atoms with E-state index in [9.17, 15) is 0 Å². The van der Waals surface area contributed by atoms with E-state index in [1.54, 1.807) is 0 Å². The van der Waals surface area contributed by atoms with Crippen LogP contribution in [0.5, 0.6) is 0 Å². The van der Waals surface area contributed by atoms with Crippen molar-refractivity contribution in [3.8, 4) is 72.4 Å². The largest absolute Gasteiger partial charge is 0.310 e. The third-order valence-electron chi connectivity index (χ3n) is 18.6. The number of nitrogens with zero attached hydrogens (tertiary/aromatic N) is 2. The van der Waals surface area contributed by atoms with E-state index < -0.39 is 5.41 Å². The Morgan fingerprint density at radius 1 is 0.280 bits per heavy atom. The van der Waals surface area contributed by atoms with Crippen LogP contribution in [0.2, 0.25) is 0 Å². The highest BCUT2D eigenvalue weighted by Crippen LogP contribution is 2.63. The van der Waals surface area contributed by atoms with Gasteiger partial charge in [0.1, 0.15) is 0 Å². The predicted molar refractivity (Wildman–Crippen MR) is 343 cm³/mol. The molecule has 3 aliphatic rings. The quantitative estimate of drug-likeness (QED) is 0.154. The summed E-state index contributed by atoms with van der Waals surface area (Å²) in [7, 11) is 0. The Hall–Kier alpha value is -10.3. The van der Waals surface area contributed by atoms with E-state index in [-0.39, 0.29) is 5.41 Å². The zero-order valence-electron chi connectivity index (χ0n) is 45.6. The molecule has 0 saturated carbocycles. The molecule has 13 aromatic carbocycles. The van der Waals surface area contributed by atoms with Gasteiger partial charge >= 0.3 is 0 Å². The maximum absolute atomic E-state index is 2.52. The van der Waals surface area contributed by atoms with Crippen molar-refractivity contribution in [2.45, 2.75) is 24.7 Å². The lowest BCUT2D eigenvalue weighted by Crippen LogP contribution is -2.26. The SMILES string of the molecule is CC1(C)c2ccccc2-c2ccc(N(c3ccc(-c4cc(-c5ccc6ccccc6c5)cc(-c5cccc6c5c5ccccc5n6-c5ccccc5)c4)cc3)c3ccc4c(c3)C3(c5ccccc5-c5ccccc53)c3ccccc3-4)cc21. The minimum Gasteiger partial charge on any atom is -0.310 e. The van der Waals surface area contributed by atoms with E-state index >= 15 is 0 Å². The summed E-state index contributed by atoms with van der Waals surface area (Å²) < 4.78 is 2.42. The molecule has 0 amide bonds. The summed E-state index contributed by atoms with van der Waals surface area (Å²) in [5.74, 6) is 0. The standard InChI is InChI=1S/C80H54N2/c1-79(2)70-29-13-8-23-63(70)67-43-41-60(49-74(67)79)81(61-42-44-68-66-26-11-16-32-73(66)80(75(68)50-61)71-30-14-9-24-64(71)65-25-10-15-31-72(65)80)59-39-37-52(38-40-59)55-46-56(54-36-35-51-19-6-7-20-53(51)45-54)48-57(47-55)62-28-18-34-77-78(62)69-27-12-17-33-76(69)82(77)58-21-4-3-5-22-58/h3-50H,1-2H3. The Morgan fingerprint density at radius 3 is 1.44 bits per heavy atom. The van der Waals surface area contributed by atoms with Crippen LogP contribution >= 0.6 is 0 Å². The smallest absolute Gasteiger partial charge is 0.0726 e. The fraction of sp³-hybridized carbons (Fsp3) is 0.0500. The molecule has 1 aromatic heterocycles. The highest BCUT2D eigenvalue weighted by atomic mass is 15.1. The number of hydrogen-bond acceptors (Lipinski definition) is 1. The highest BCUT2D eigenvalue weighted by Gasteiger charge is 2.51. The second-order valence-corrected chi connectivity index (χ2v) is 23.1. The van der Waals surface area contributed by atoms with Crippen LogP contribution in [0.3, 0.4) is 0 Å². The van der Waals surface area contributed by atoms with Crippen LogP contribution in [0, 0.1) is 0 Å². The number of fused-ring (bicyclic) bond motifs is 17. The van der Waals surface area contributed by atoms with Gasteiger partial charge in [-0.05, 0) is 196 Å². The van der Waals surface area contributed by atoms with Crippen molar-refractivity contribution in [3.05, 3.63) is 325 Å². The zero-order chi connectivity index (χ0) is 54.3. The van der Waals surface area contributed by atoms with Gasteiger partial charge < -0.3 is 9.47 Å². The molecule has 0 aliphatic heterocycles. The third kappa shape index (κ3) is 6.64. The Labute approximate surface area is 478 Å². The molecule has 0 atom stereocenters. The topological polar surface area (TPSA) is 8.17 Å². The van der Waals surface area contributed by atoms with Crippen LogP contribution in [-0.2, 0) is 10.8 Å². The molecule has 1 heterocycles. The molecule has 82 heavy (non-hydrogen) atoms. The molecule has 0 unspecified atom stereocenters. The van der Waals surface area contributed by atoms with Gasteiger partial charge in [0.2, 0.25) is 0 Å². The molecule has 0 radical (unpaired) electrons. The number of aromatic nitrogens is 1. The van der Waals surface area contributed by atoms with Crippen molar-refractivity contribution >= 4 is 49.6 Å². The van der Waals surface area contributed by atoms with Crippen LogP contribution in [0.1, 0.15) is 47.2 Å². The number of benzene rings is 13. The maximum atomic E-state index is 2.52. The normalized spacial score (nSPS) is 13.7. The summed E-state index contributed by atoms with van der Waals surface area (Å²) in [6, 6.07) is 109. The summed E-state index contributed by atoms with van der Waals surface area (Å²) >= 11 is 0. The van der Waals surface area contributed by atoms with E-state index in [1.807, 2.05) is 0 Å². The molecule has 17 rings (SSSR count). The van der Waals surface area contributed by atoms with Gasteiger partial charge in [0.05, 0.1) is 16.4 Å². The molecular formula is C80H54N2. The first kappa shape index (κ1) is 46.6. The Bertz CT molecular complexity index is 4890. The van der Waals surface area contributed by atoms with Crippen molar-refractivity contribution in [1.82, 2.24) is 4.57 Å². The average molecular weight is 1040 g/mol. The third-order valence-corrected chi connectivity index (χ3v) is 18.6. The van der Waals surface area contributed by atoms with Crippen molar-refractivity contribution in [1.29, 1.82) is 0 Å². The second kappa shape index (κ2) is 17.6. The van der Waals surface area contributed by atoms with E-state index in [2.05, 4.69) is 315 Å². The van der Waals surface area contributed by atoms with Crippen molar-refractivity contribution in [2.24, 2.45) is 0 Å². The van der Waals surface area contributed by atoms with Gasteiger partial charge in [-0.2, -0.15) is 0 Å². The summed E-state index contributed by atoms with van der Waals surface area (Å²) in [5.41, 5.74) is 29.2. The van der Waals surface area contributed by atoms with Gasteiger partial charge in [-0.1, -0.05) is 220 Å². The van der Waals surface area contributed by atoms with Crippen LogP contribution in [-0.4, -0.2) is 4.57 Å². The summed E-state index contributed by atoms with van der Waals surface area (Å²) in [6.07, 6.45) is 0. The van der Waals surface area contributed by atoms with E-state index in [0.29, 0.717) is 0 Å². The zero-order valence-corrected chi connectivity index (χ0v) is 45.6. The first-order valence-corrected chi connectivity index (χ1v) is 28.7. The summed E-state index contributed by atoms with van der Waals surface area (Å²) in [6.45, 7) is 4.77. The fourth-order valence-corrected chi connectivity index (χ4v) is 14.9. The monoisotopic (exact) mass is 1040 g/mol. The maximum Gasteiger partial charge on any atom is 0.0726 e. The van der Waals surface area contributed by atoms with Crippen LogP contribution in [0.4, 0.5) is 17.1 Å². The van der Waals surface area contributed by atoms with Gasteiger partial charge in [-0.25, -0.2) is 0 Å². The minimum atomic E-state index is -0.471. The van der Waals surface area contributed by atoms with Gasteiger partial charge in [-0.3, -0.25) is 0 Å². The van der Waals surface area contributed by atoms with E-state index in [1.165, 1.54) is 122 Å². The Balaban J connectivity index is 0.859. The number of hydrogen-bond donors (Lipinski definition) is 0. The molecule has 2 heteroatoms. The molecule has 3 aliphatic carbocycles. The molecule has 0 fully saturated rings.